The molecule has 0 saturated heterocycles. The zero-order valence-electron chi connectivity index (χ0n) is 48.8. The van der Waals surface area contributed by atoms with Crippen LogP contribution in [0.25, 0.3) is 28.5 Å². The van der Waals surface area contributed by atoms with E-state index in [2.05, 4.69) is 39.8 Å². The zero-order chi connectivity index (χ0) is 58.7. The molecule has 2 heterocycles. The number of benzene rings is 3. The van der Waals surface area contributed by atoms with Crippen LogP contribution in [0.3, 0.4) is 0 Å². The minimum absolute atomic E-state index is 0.0831. The van der Waals surface area contributed by atoms with Crippen LogP contribution in [0.2, 0.25) is 0 Å². The van der Waals surface area contributed by atoms with Gasteiger partial charge in [-0.1, -0.05) is 56.7 Å². The first-order valence-corrected chi connectivity index (χ1v) is 29.7. The number of carbonyl (C=O) groups is 1. The minimum Gasteiger partial charge on any atom is -0.744 e. The van der Waals surface area contributed by atoms with Crippen LogP contribution in [-0.2, 0) is 77.2 Å². The van der Waals surface area contributed by atoms with E-state index in [4.69, 9.17) is 61.3 Å². The standard InChI is InChI=1S/C61H88N2O18S/c1-49-56(15-12-16-58-61(2,3)54-48-52(82(66,67)68)19-21-55(54)63(58)22-11-7-10-17-59(64)65)81-57-47-51(18-20-53(57)60(49)50-13-8-6-9-14-50)62(23-25-71-31-33-75-39-41-79-45-43-77-37-35-73-29-27-69-4)24-26-72-32-34-76-40-42-80-46-44-78-38-36-74-30-28-70-5/h6,8-9,12-16,18-21,47-48H,7,10-11,17,22-46H2,1-5H3,(H-,64,65,66,67,68). The Balaban J connectivity index is 1.30. The van der Waals surface area contributed by atoms with Crippen molar-refractivity contribution in [3.63, 3.8) is 0 Å². The van der Waals surface area contributed by atoms with Crippen LogP contribution in [-0.4, -0.2) is 203 Å². The van der Waals surface area contributed by atoms with Crippen LogP contribution >= 0.6 is 0 Å². The van der Waals surface area contributed by atoms with Gasteiger partial charge in [0.15, 0.2) is 13.1 Å². The molecule has 0 fully saturated rings. The summed E-state index contributed by atoms with van der Waals surface area (Å²) in [4.78, 5) is 13.1. The van der Waals surface area contributed by atoms with E-state index in [1.165, 1.54) is 12.1 Å². The zero-order valence-corrected chi connectivity index (χ0v) is 49.6. The summed E-state index contributed by atoms with van der Waals surface area (Å²) >= 11 is 0. The average molecular weight is 1170 g/mol. The summed E-state index contributed by atoms with van der Waals surface area (Å²) in [5.41, 5.74) is 5.66. The molecule has 2 aliphatic heterocycles. The van der Waals surface area contributed by atoms with E-state index >= 15 is 0 Å². The van der Waals surface area contributed by atoms with Gasteiger partial charge < -0.3 is 75.8 Å². The summed E-state index contributed by atoms with van der Waals surface area (Å²) in [6.45, 7) is 18.1. The summed E-state index contributed by atoms with van der Waals surface area (Å²) in [7, 11) is -1.43. The van der Waals surface area contributed by atoms with Gasteiger partial charge in [-0.3, -0.25) is 4.79 Å². The normalized spacial score (nSPS) is 13.8. The number of aliphatic carboxylic acids is 1. The smallest absolute Gasteiger partial charge is 0.303 e. The highest BCUT2D eigenvalue weighted by Crippen LogP contribution is 2.49. The van der Waals surface area contributed by atoms with Crippen LogP contribution in [0.15, 0.2) is 93.9 Å². The van der Waals surface area contributed by atoms with E-state index < -0.39 is 21.5 Å². The fraction of sp³-hybridized carbons (Fsp3) is 0.574. The van der Waals surface area contributed by atoms with Crippen molar-refractivity contribution >= 4 is 27.9 Å². The van der Waals surface area contributed by atoms with Crippen molar-refractivity contribution in [2.75, 3.05) is 184 Å². The molecule has 82 heavy (non-hydrogen) atoms. The molecule has 0 spiro atoms. The fourth-order valence-corrected chi connectivity index (χ4v) is 9.62. The molecule has 5 rings (SSSR count). The molecular formula is C61H88N2O18S. The topological polar surface area (TPSA) is 225 Å². The second kappa shape index (κ2) is 38.8. The third kappa shape index (κ3) is 24.0. The number of anilines is 1. The number of unbranched alkanes of at least 4 members (excludes halogenated alkanes) is 2. The first-order valence-electron chi connectivity index (χ1n) is 28.3. The lowest BCUT2D eigenvalue weighted by molar-refractivity contribution is -0.137. The Kier molecular flexibility index (Phi) is 32.1. The van der Waals surface area contributed by atoms with Crippen molar-refractivity contribution in [1.29, 1.82) is 0 Å². The summed E-state index contributed by atoms with van der Waals surface area (Å²) in [6, 6.07) is 21.0. The predicted octanol–water partition coefficient (Wildman–Crippen LogP) is 6.83. The third-order valence-electron chi connectivity index (χ3n) is 13.4. The number of fused-ring (bicyclic) bond motifs is 2. The van der Waals surface area contributed by atoms with Gasteiger partial charge in [-0.15, -0.1) is 0 Å². The Morgan fingerprint density at radius 3 is 1.60 bits per heavy atom. The van der Waals surface area contributed by atoms with Crippen molar-refractivity contribution in [2.24, 2.45) is 0 Å². The van der Waals surface area contributed by atoms with Crippen LogP contribution in [0, 0.1) is 6.92 Å². The fourth-order valence-electron chi connectivity index (χ4n) is 9.12. The van der Waals surface area contributed by atoms with Crippen molar-refractivity contribution in [1.82, 2.24) is 4.58 Å². The van der Waals surface area contributed by atoms with E-state index in [1.807, 2.05) is 57.2 Å². The molecule has 20 nitrogen and oxygen atoms in total. The molecular weight excluding hydrogens is 1080 g/mol. The Bertz CT molecular complexity index is 2620. The number of rotatable bonds is 46. The van der Waals surface area contributed by atoms with E-state index in [0.717, 1.165) is 39.0 Å². The van der Waals surface area contributed by atoms with Crippen molar-refractivity contribution in [3.8, 4) is 22.5 Å². The molecule has 0 aromatic heterocycles. The van der Waals surface area contributed by atoms with Gasteiger partial charge in [0, 0.05) is 61.2 Å². The maximum Gasteiger partial charge on any atom is 0.303 e. The molecule has 0 bridgehead atoms. The van der Waals surface area contributed by atoms with E-state index in [-0.39, 0.29) is 11.3 Å². The van der Waals surface area contributed by atoms with Crippen molar-refractivity contribution < 1.29 is 84.1 Å². The Hall–Kier alpha value is -4.95. The molecule has 456 valence electrons. The molecule has 0 amide bonds. The third-order valence-corrected chi connectivity index (χ3v) is 14.2. The lowest BCUT2D eigenvalue weighted by Crippen LogP contribution is -2.36. The van der Waals surface area contributed by atoms with Crippen molar-refractivity contribution in [3.05, 3.63) is 107 Å². The first-order chi connectivity index (χ1) is 39.9. The molecule has 0 saturated carbocycles. The number of hydrogen-bond donors (Lipinski definition) is 1. The highest BCUT2D eigenvalue weighted by molar-refractivity contribution is 7.85. The highest BCUT2D eigenvalue weighted by Gasteiger charge is 2.40. The molecule has 3 aliphatic rings. The summed E-state index contributed by atoms with van der Waals surface area (Å²) in [5, 5.41) is 10.1. The molecule has 1 N–H and O–H groups in total. The molecule has 1 aliphatic carbocycles. The second-order valence-electron chi connectivity index (χ2n) is 19.6. The predicted molar refractivity (Wildman–Crippen MR) is 310 cm³/mol. The highest BCUT2D eigenvalue weighted by atomic mass is 32.2. The quantitative estimate of drug-likeness (QED) is 0.0272. The van der Waals surface area contributed by atoms with E-state index in [9.17, 15) is 22.9 Å². The van der Waals surface area contributed by atoms with Gasteiger partial charge >= 0.3 is 5.97 Å². The number of methoxy groups -OCH3 is 2. The van der Waals surface area contributed by atoms with Gasteiger partial charge in [0.1, 0.15) is 34.9 Å². The maximum atomic E-state index is 12.2. The van der Waals surface area contributed by atoms with Crippen LogP contribution in [0.1, 0.15) is 56.4 Å². The second-order valence-corrected chi connectivity index (χ2v) is 21.0. The Labute approximate surface area is 484 Å². The number of hydrogen-bond acceptors (Lipinski definition) is 18. The number of nitrogens with zero attached hydrogens (tertiary/aromatic N) is 2. The number of carboxylic acid groups (broad SMARTS) is 1. The molecule has 0 atom stereocenters. The number of allylic oxidation sites excluding steroid dienone is 3. The van der Waals surface area contributed by atoms with E-state index in [0.29, 0.717) is 201 Å². The van der Waals surface area contributed by atoms with Gasteiger partial charge in [0.2, 0.25) is 5.36 Å². The van der Waals surface area contributed by atoms with Crippen molar-refractivity contribution in [2.45, 2.75) is 56.8 Å². The maximum absolute atomic E-state index is 12.2. The van der Waals surface area contributed by atoms with Gasteiger partial charge in [-0.05, 0) is 72.9 Å². The average Bonchev–Trinajstić information content (AvgIpc) is 2.51. The number of carboxylic acids is 1. The molecule has 0 radical (unpaired) electrons. The Morgan fingerprint density at radius 1 is 0.634 bits per heavy atom. The van der Waals surface area contributed by atoms with Crippen LogP contribution in [0.4, 0.5) is 5.69 Å². The van der Waals surface area contributed by atoms with Gasteiger partial charge in [0.05, 0.1) is 143 Å². The SMILES string of the molecule is COCCOCCOCCOCCOCCOCC[N+](CCOCCOCCOCCOCCOCCOC)=c1ccc2c(-c3ccccc3)c(C)c(/C=C/C=C3/N(CCCCCC(=O)O)c4ccc(S(=O)(=O)[O-])cc4C3(C)C)oc-2c1. The van der Waals surface area contributed by atoms with Gasteiger partial charge in [0.25, 0.3) is 0 Å². The summed E-state index contributed by atoms with van der Waals surface area (Å²) in [5.74, 6) is 0.479. The molecule has 21 heteroatoms. The monoisotopic (exact) mass is 1170 g/mol. The Morgan fingerprint density at radius 2 is 1.12 bits per heavy atom. The van der Waals surface area contributed by atoms with Crippen LogP contribution in [0.5, 0.6) is 0 Å². The first kappa shape index (κ1) is 67.8. The van der Waals surface area contributed by atoms with Gasteiger partial charge in [-0.25, -0.2) is 13.0 Å². The van der Waals surface area contributed by atoms with Crippen LogP contribution < -0.4 is 14.8 Å². The molecule has 0 unspecified atom stereocenters. The molecule has 2 aromatic rings. The van der Waals surface area contributed by atoms with Gasteiger partial charge in [-0.2, -0.15) is 0 Å². The lowest BCUT2D eigenvalue weighted by atomic mass is 9.83. The minimum atomic E-state index is -4.70. The lowest BCUT2D eigenvalue weighted by Gasteiger charge is -2.27. The molecule has 2 aromatic carbocycles. The summed E-state index contributed by atoms with van der Waals surface area (Å²) < 4.78 is 112. The number of ether oxygens (including phenoxy) is 12. The largest absolute Gasteiger partial charge is 0.744 e. The van der Waals surface area contributed by atoms with E-state index in [1.54, 1.807) is 20.3 Å². The summed E-state index contributed by atoms with van der Waals surface area (Å²) in [6.07, 6.45) is 7.90.